The average molecular weight is 1140 g/mol. The third kappa shape index (κ3) is 67.1. The monoisotopic (exact) mass is 1140 g/mol. The maximum absolute atomic E-state index is 12.6. The third-order valence-corrected chi connectivity index (χ3v) is 17.2. The lowest BCUT2D eigenvalue weighted by atomic mass is 10.0. The molecule has 2 unspecified atom stereocenters. The second kappa shape index (κ2) is 70.6. The molecular weight excluding hydrogens is 995 g/mol. The van der Waals surface area contributed by atoms with Gasteiger partial charge in [-0.2, -0.15) is 0 Å². The standard InChI is InChI=1S/C75H143NO5/c1-3-5-7-9-11-13-15-17-19-21-22-29-32-36-39-43-47-51-55-59-63-67-73(78)72(71-77)76-74(79)68-64-60-56-52-48-44-40-37-33-30-27-25-23-24-26-28-31-34-38-42-46-50-54-58-62-66-70-81-75(80)69-65-61-57-53-49-45-41-35-20-18-16-14-12-10-8-6-4-2/h12,14,18,20,23,25,72-73,77-78H,3-11,13,15-17,19,21-22,24,26-71H2,1-2H3,(H,76,79)/b14-12-,20-18-,25-23-. The van der Waals surface area contributed by atoms with Crippen LogP contribution < -0.4 is 5.32 Å². The van der Waals surface area contributed by atoms with E-state index in [1.54, 1.807) is 0 Å². The van der Waals surface area contributed by atoms with Gasteiger partial charge in [0.15, 0.2) is 0 Å². The molecule has 478 valence electrons. The fourth-order valence-electron chi connectivity index (χ4n) is 11.6. The van der Waals surface area contributed by atoms with Crippen molar-refractivity contribution >= 4 is 11.9 Å². The second-order valence-electron chi connectivity index (χ2n) is 25.3. The largest absolute Gasteiger partial charge is 0.466 e. The minimum absolute atomic E-state index is 0.00724. The second-order valence-corrected chi connectivity index (χ2v) is 25.3. The summed E-state index contributed by atoms with van der Waals surface area (Å²) in [6.07, 6.45) is 90.5. The molecule has 0 aromatic carbocycles. The SMILES string of the molecule is CCCCC/C=C\C/C=C\CCCCCCCCCC(=O)OCCCCCCCCCCCCCC/C=C\CCCCCCCCCCCCC(=O)NC(CO)C(O)CCCCCCCCCCCCCCCCCCCCCCC. The highest BCUT2D eigenvalue weighted by atomic mass is 16.5. The molecular formula is C75H143NO5. The molecule has 6 nitrogen and oxygen atoms in total. The predicted molar refractivity (Wildman–Crippen MR) is 356 cm³/mol. The maximum atomic E-state index is 12.6. The van der Waals surface area contributed by atoms with E-state index in [2.05, 4.69) is 55.6 Å². The molecule has 3 N–H and O–H groups in total. The number of ether oxygens (including phenoxy) is 1. The zero-order valence-corrected chi connectivity index (χ0v) is 54.8. The molecule has 0 saturated heterocycles. The molecule has 0 aliphatic heterocycles. The molecule has 1 amide bonds. The van der Waals surface area contributed by atoms with Crippen LogP contribution in [0.25, 0.3) is 0 Å². The number of carbonyl (C=O) groups excluding carboxylic acids is 2. The molecule has 0 saturated carbocycles. The van der Waals surface area contributed by atoms with Crippen molar-refractivity contribution in [3.05, 3.63) is 36.5 Å². The smallest absolute Gasteiger partial charge is 0.305 e. The molecule has 0 rings (SSSR count). The molecule has 0 aromatic rings. The number of nitrogens with one attached hydrogen (secondary N) is 1. The van der Waals surface area contributed by atoms with Crippen LogP contribution in [0.1, 0.15) is 406 Å². The summed E-state index contributed by atoms with van der Waals surface area (Å²) in [5.74, 6) is -0.0255. The first kappa shape index (κ1) is 79.1. The van der Waals surface area contributed by atoms with Gasteiger partial charge in [-0.25, -0.2) is 0 Å². The van der Waals surface area contributed by atoms with Crippen molar-refractivity contribution in [3.8, 4) is 0 Å². The average Bonchev–Trinajstić information content (AvgIpc) is 3.47. The number of allylic oxidation sites excluding steroid dienone is 6. The molecule has 0 spiro atoms. The van der Waals surface area contributed by atoms with Gasteiger partial charge in [-0.3, -0.25) is 9.59 Å². The molecule has 0 radical (unpaired) electrons. The van der Waals surface area contributed by atoms with Crippen LogP contribution in [0.2, 0.25) is 0 Å². The van der Waals surface area contributed by atoms with E-state index >= 15 is 0 Å². The van der Waals surface area contributed by atoms with Gasteiger partial charge in [-0.1, -0.05) is 346 Å². The van der Waals surface area contributed by atoms with Crippen molar-refractivity contribution in [1.29, 1.82) is 0 Å². The molecule has 6 heteroatoms. The van der Waals surface area contributed by atoms with Gasteiger partial charge in [-0.15, -0.1) is 0 Å². The Morgan fingerprint density at radius 1 is 0.346 bits per heavy atom. The fraction of sp³-hybridized carbons (Fsp3) is 0.893. The highest BCUT2D eigenvalue weighted by Crippen LogP contribution is 2.19. The molecule has 0 fully saturated rings. The van der Waals surface area contributed by atoms with Crippen LogP contribution in [0.15, 0.2) is 36.5 Å². The van der Waals surface area contributed by atoms with Crippen LogP contribution in [-0.4, -0.2) is 47.4 Å². The van der Waals surface area contributed by atoms with Crippen molar-refractivity contribution in [3.63, 3.8) is 0 Å². The van der Waals surface area contributed by atoms with Gasteiger partial charge >= 0.3 is 5.97 Å². The molecule has 0 aromatic heterocycles. The van der Waals surface area contributed by atoms with Crippen LogP contribution in [0.3, 0.4) is 0 Å². The fourth-order valence-corrected chi connectivity index (χ4v) is 11.6. The van der Waals surface area contributed by atoms with Crippen LogP contribution in [0.5, 0.6) is 0 Å². The molecule has 0 aliphatic carbocycles. The normalized spacial score (nSPS) is 12.7. The van der Waals surface area contributed by atoms with E-state index in [0.29, 0.717) is 25.9 Å². The number of hydrogen-bond acceptors (Lipinski definition) is 5. The van der Waals surface area contributed by atoms with Crippen molar-refractivity contribution in [2.75, 3.05) is 13.2 Å². The van der Waals surface area contributed by atoms with E-state index in [0.717, 1.165) is 51.4 Å². The number of amides is 1. The van der Waals surface area contributed by atoms with Crippen molar-refractivity contribution in [2.45, 2.75) is 418 Å². The minimum atomic E-state index is -0.667. The van der Waals surface area contributed by atoms with Crippen molar-refractivity contribution in [1.82, 2.24) is 5.32 Å². The highest BCUT2D eigenvalue weighted by molar-refractivity contribution is 5.76. The van der Waals surface area contributed by atoms with Crippen LogP contribution in [0, 0.1) is 0 Å². The van der Waals surface area contributed by atoms with E-state index in [1.165, 1.54) is 321 Å². The number of esters is 1. The van der Waals surface area contributed by atoms with E-state index in [9.17, 15) is 19.8 Å². The summed E-state index contributed by atoms with van der Waals surface area (Å²) in [4.78, 5) is 24.6. The predicted octanol–water partition coefficient (Wildman–Crippen LogP) is 23.9. The first-order chi connectivity index (χ1) is 40.0. The van der Waals surface area contributed by atoms with Crippen LogP contribution in [0.4, 0.5) is 0 Å². The van der Waals surface area contributed by atoms with Gasteiger partial charge in [0.05, 0.1) is 25.4 Å². The lowest BCUT2D eigenvalue weighted by molar-refractivity contribution is -0.143. The van der Waals surface area contributed by atoms with Gasteiger partial charge in [0.2, 0.25) is 5.91 Å². The molecule has 81 heavy (non-hydrogen) atoms. The Hall–Kier alpha value is -1.92. The summed E-state index contributed by atoms with van der Waals surface area (Å²) in [7, 11) is 0. The third-order valence-electron chi connectivity index (χ3n) is 17.2. The van der Waals surface area contributed by atoms with E-state index in [1.807, 2.05) is 0 Å². The number of aliphatic hydroxyl groups is 2. The van der Waals surface area contributed by atoms with Gasteiger partial charge in [0.1, 0.15) is 0 Å². The summed E-state index contributed by atoms with van der Waals surface area (Å²) in [6.45, 7) is 4.96. The van der Waals surface area contributed by atoms with Crippen LogP contribution >= 0.6 is 0 Å². The zero-order chi connectivity index (χ0) is 58.5. The van der Waals surface area contributed by atoms with E-state index in [4.69, 9.17) is 4.74 Å². The maximum Gasteiger partial charge on any atom is 0.305 e. The van der Waals surface area contributed by atoms with E-state index in [-0.39, 0.29) is 18.5 Å². The first-order valence-electron chi connectivity index (χ1n) is 36.7. The quantitative estimate of drug-likeness (QED) is 0.0320. The van der Waals surface area contributed by atoms with E-state index < -0.39 is 12.1 Å². The van der Waals surface area contributed by atoms with Gasteiger partial charge < -0.3 is 20.3 Å². The zero-order valence-electron chi connectivity index (χ0n) is 54.8. The number of carbonyl (C=O) groups is 2. The highest BCUT2D eigenvalue weighted by Gasteiger charge is 2.20. The van der Waals surface area contributed by atoms with Crippen molar-refractivity contribution < 1.29 is 24.5 Å². The Morgan fingerprint density at radius 3 is 0.975 bits per heavy atom. The summed E-state index contributed by atoms with van der Waals surface area (Å²) in [6, 6.07) is -0.544. The molecule has 0 aliphatic rings. The van der Waals surface area contributed by atoms with Crippen LogP contribution in [-0.2, 0) is 14.3 Å². The Labute approximate surface area is 506 Å². The molecule has 2 atom stereocenters. The van der Waals surface area contributed by atoms with Gasteiger partial charge in [-0.05, 0) is 83.5 Å². The number of aliphatic hydroxyl groups excluding tert-OH is 2. The number of rotatable bonds is 69. The Bertz CT molecular complexity index is 1310. The summed E-state index contributed by atoms with van der Waals surface area (Å²) in [5.41, 5.74) is 0. The van der Waals surface area contributed by atoms with Gasteiger partial charge in [0, 0.05) is 12.8 Å². The molecule has 0 heterocycles. The Kier molecular flexibility index (Phi) is 68.9. The Balaban J connectivity index is 3.39. The first-order valence-corrected chi connectivity index (χ1v) is 36.7. The lowest BCUT2D eigenvalue weighted by Gasteiger charge is -2.22. The lowest BCUT2D eigenvalue weighted by Crippen LogP contribution is -2.45. The minimum Gasteiger partial charge on any atom is -0.466 e. The summed E-state index contributed by atoms with van der Waals surface area (Å²) in [5, 5.41) is 23.4. The number of hydrogen-bond donors (Lipinski definition) is 3. The van der Waals surface area contributed by atoms with Gasteiger partial charge in [0.25, 0.3) is 0 Å². The topological polar surface area (TPSA) is 95.9 Å². The van der Waals surface area contributed by atoms with Crippen molar-refractivity contribution in [2.24, 2.45) is 0 Å². The summed E-state index contributed by atoms with van der Waals surface area (Å²) < 4.78 is 5.50. The summed E-state index contributed by atoms with van der Waals surface area (Å²) >= 11 is 0. The Morgan fingerprint density at radius 2 is 0.617 bits per heavy atom. The molecule has 0 bridgehead atoms. The number of unbranched alkanes of at least 4 members (excludes halogenated alkanes) is 52.